The van der Waals surface area contributed by atoms with E-state index in [1.165, 1.54) is 0 Å². The van der Waals surface area contributed by atoms with Gasteiger partial charge in [0.1, 0.15) is 0 Å². The van der Waals surface area contributed by atoms with Gasteiger partial charge in [-0.3, -0.25) is 4.79 Å². The lowest BCUT2D eigenvalue weighted by Gasteiger charge is -2.23. The van der Waals surface area contributed by atoms with Crippen LogP contribution < -0.4 is 10.6 Å². The largest absolute Gasteiger partial charge is 0.481 e. The predicted octanol–water partition coefficient (Wildman–Crippen LogP) is 2.83. The number of amides is 2. The van der Waals surface area contributed by atoms with Gasteiger partial charge >= 0.3 is 12.0 Å². The Morgan fingerprint density at radius 2 is 2.05 bits per heavy atom. The van der Waals surface area contributed by atoms with E-state index in [-0.39, 0.29) is 17.9 Å². The molecule has 0 saturated heterocycles. The van der Waals surface area contributed by atoms with E-state index in [0.29, 0.717) is 19.5 Å². The first-order chi connectivity index (χ1) is 9.39. The fraction of sp³-hybridized carbons (Fsp3) is 0.571. The van der Waals surface area contributed by atoms with Crippen molar-refractivity contribution in [1.29, 1.82) is 0 Å². The smallest absolute Gasteiger partial charge is 0.315 e. The predicted molar refractivity (Wildman–Crippen MR) is 79.8 cm³/mol. The molecule has 0 aliphatic heterocycles. The van der Waals surface area contributed by atoms with Gasteiger partial charge in [0, 0.05) is 17.8 Å². The summed E-state index contributed by atoms with van der Waals surface area (Å²) in [6.07, 6.45) is 1.53. The molecular weight excluding hydrogens is 276 g/mol. The van der Waals surface area contributed by atoms with Gasteiger partial charge in [-0.15, -0.1) is 11.3 Å². The number of aliphatic carboxylic acids is 1. The SMILES string of the molecule is CC(C)(CCNC(=O)NCc1cccs1)CCC(=O)O. The molecule has 0 saturated carbocycles. The maximum atomic E-state index is 11.6. The van der Waals surface area contributed by atoms with Crippen molar-refractivity contribution in [2.24, 2.45) is 5.41 Å². The first kappa shape index (κ1) is 16.5. The van der Waals surface area contributed by atoms with Crippen LogP contribution in [0, 0.1) is 5.41 Å². The molecule has 5 nitrogen and oxygen atoms in total. The van der Waals surface area contributed by atoms with Crippen LogP contribution in [-0.4, -0.2) is 23.7 Å². The van der Waals surface area contributed by atoms with Gasteiger partial charge in [-0.1, -0.05) is 19.9 Å². The molecule has 0 radical (unpaired) electrons. The number of nitrogens with one attached hydrogen (secondary N) is 2. The van der Waals surface area contributed by atoms with Crippen molar-refractivity contribution in [2.75, 3.05) is 6.54 Å². The Labute approximate surface area is 123 Å². The number of rotatable bonds is 8. The van der Waals surface area contributed by atoms with Gasteiger partial charge in [0.2, 0.25) is 0 Å². The maximum absolute atomic E-state index is 11.6. The lowest BCUT2D eigenvalue weighted by molar-refractivity contribution is -0.137. The number of urea groups is 1. The number of hydrogen-bond donors (Lipinski definition) is 3. The Morgan fingerprint density at radius 3 is 2.65 bits per heavy atom. The molecule has 0 aliphatic carbocycles. The molecule has 0 bridgehead atoms. The summed E-state index contributed by atoms with van der Waals surface area (Å²) in [6, 6.07) is 3.73. The number of carbonyl (C=O) groups excluding carboxylic acids is 1. The number of hydrogen-bond acceptors (Lipinski definition) is 3. The van der Waals surface area contributed by atoms with E-state index in [9.17, 15) is 9.59 Å². The Balaban J connectivity index is 2.15. The number of thiophene rings is 1. The third kappa shape index (κ3) is 7.13. The molecule has 0 aromatic carbocycles. The lowest BCUT2D eigenvalue weighted by Crippen LogP contribution is -2.36. The Bertz CT molecular complexity index is 430. The van der Waals surface area contributed by atoms with Crippen molar-refractivity contribution in [3.8, 4) is 0 Å². The standard InChI is InChI=1S/C14H22N2O3S/c1-14(2,6-5-12(17)18)7-8-15-13(19)16-10-11-4-3-9-20-11/h3-4,9H,5-8,10H2,1-2H3,(H,17,18)(H2,15,16,19). The summed E-state index contributed by atoms with van der Waals surface area (Å²) >= 11 is 1.60. The van der Waals surface area contributed by atoms with E-state index < -0.39 is 5.97 Å². The minimum absolute atomic E-state index is 0.0839. The molecule has 2 amide bonds. The van der Waals surface area contributed by atoms with Crippen molar-refractivity contribution in [3.63, 3.8) is 0 Å². The molecule has 112 valence electrons. The number of carboxylic acid groups (broad SMARTS) is 1. The fourth-order valence-corrected chi connectivity index (χ4v) is 2.37. The molecule has 0 fully saturated rings. The van der Waals surface area contributed by atoms with Crippen molar-refractivity contribution in [1.82, 2.24) is 10.6 Å². The van der Waals surface area contributed by atoms with Crippen LogP contribution in [0.1, 0.15) is 38.0 Å². The zero-order chi connectivity index (χ0) is 15.0. The molecule has 3 N–H and O–H groups in total. The quantitative estimate of drug-likeness (QED) is 0.690. The van der Waals surface area contributed by atoms with E-state index >= 15 is 0 Å². The van der Waals surface area contributed by atoms with E-state index in [1.807, 2.05) is 31.4 Å². The first-order valence-corrected chi connectivity index (χ1v) is 7.53. The van der Waals surface area contributed by atoms with Gasteiger partial charge < -0.3 is 15.7 Å². The van der Waals surface area contributed by atoms with Gasteiger partial charge in [-0.25, -0.2) is 4.79 Å². The molecule has 0 spiro atoms. The summed E-state index contributed by atoms with van der Waals surface area (Å²) in [4.78, 5) is 23.2. The third-order valence-corrected chi connectivity index (χ3v) is 3.98. The summed E-state index contributed by atoms with van der Waals surface area (Å²) in [7, 11) is 0. The second-order valence-corrected chi connectivity index (χ2v) is 6.53. The van der Waals surface area contributed by atoms with Crippen molar-refractivity contribution >= 4 is 23.3 Å². The van der Waals surface area contributed by atoms with Gasteiger partial charge in [0.25, 0.3) is 0 Å². The average molecular weight is 298 g/mol. The molecule has 6 heteroatoms. The highest BCUT2D eigenvalue weighted by Gasteiger charge is 2.19. The van der Waals surface area contributed by atoms with Crippen LogP contribution in [0.25, 0.3) is 0 Å². The Morgan fingerprint density at radius 1 is 1.30 bits per heavy atom. The van der Waals surface area contributed by atoms with Crippen molar-refractivity contribution < 1.29 is 14.7 Å². The molecule has 0 aliphatic rings. The lowest BCUT2D eigenvalue weighted by atomic mass is 9.84. The van der Waals surface area contributed by atoms with Crippen LogP contribution >= 0.6 is 11.3 Å². The van der Waals surface area contributed by atoms with Crippen LogP contribution in [0.3, 0.4) is 0 Å². The Hall–Kier alpha value is -1.56. The highest BCUT2D eigenvalue weighted by Crippen LogP contribution is 2.25. The van der Waals surface area contributed by atoms with Crippen LogP contribution in [0.15, 0.2) is 17.5 Å². The minimum Gasteiger partial charge on any atom is -0.481 e. The molecular formula is C14H22N2O3S. The topological polar surface area (TPSA) is 78.4 Å². The van der Waals surface area contributed by atoms with Crippen LogP contribution in [0.2, 0.25) is 0 Å². The second kappa shape index (κ2) is 7.89. The molecule has 0 atom stereocenters. The number of carboxylic acids is 1. The normalized spacial score (nSPS) is 11.1. The zero-order valence-corrected chi connectivity index (χ0v) is 12.8. The molecule has 1 aromatic rings. The summed E-state index contributed by atoms with van der Waals surface area (Å²) < 4.78 is 0. The second-order valence-electron chi connectivity index (χ2n) is 5.50. The molecule has 0 unspecified atom stereocenters. The van der Waals surface area contributed by atoms with E-state index in [4.69, 9.17) is 5.11 Å². The van der Waals surface area contributed by atoms with E-state index in [1.54, 1.807) is 11.3 Å². The van der Waals surface area contributed by atoms with Crippen LogP contribution in [0.5, 0.6) is 0 Å². The highest BCUT2D eigenvalue weighted by molar-refractivity contribution is 7.09. The van der Waals surface area contributed by atoms with Gasteiger partial charge in [-0.2, -0.15) is 0 Å². The molecule has 1 heterocycles. The monoisotopic (exact) mass is 298 g/mol. The number of carbonyl (C=O) groups is 2. The molecule has 1 rings (SSSR count). The van der Waals surface area contributed by atoms with E-state index in [0.717, 1.165) is 11.3 Å². The zero-order valence-electron chi connectivity index (χ0n) is 11.9. The van der Waals surface area contributed by atoms with Gasteiger partial charge in [-0.05, 0) is 29.7 Å². The minimum atomic E-state index is -0.778. The summed E-state index contributed by atoms with van der Waals surface area (Å²) in [5, 5.41) is 16.2. The fourth-order valence-electron chi connectivity index (χ4n) is 1.73. The summed E-state index contributed by atoms with van der Waals surface area (Å²) in [6.45, 7) is 5.11. The average Bonchev–Trinajstić information content (AvgIpc) is 2.87. The van der Waals surface area contributed by atoms with Crippen LogP contribution in [0.4, 0.5) is 4.79 Å². The first-order valence-electron chi connectivity index (χ1n) is 6.65. The van der Waals surface area contributed by atoms with Gasteiger partial charge in [0.15, 0.2) is 0 Å². The molecule has 20 heavy (non-hydrogen) atoms. The van der Waals surface area contributed by atoms with E-state index in [2.05, 4.69) is 10.6 Å². The summed E-state index contributed by atoms with van der Waals surface area (Å²) in [5.74, 6) is -0.778. The van der Waals surface area contributed by atoms with Gasteiger partial charge in [0.05, 0.1) is 6.54 Å². The van der Waals surface area contributed by atoms with Crippen molar-refractivity contribution in [3.05, 3.63) is 22.4 Å². The maximum Gasteiger partial charge on any atom is 0.315 e. The highest BCUT2D eigenvalue weighted by atomic mass is 32.1. The third-order valence-electron chi connectivity index (χ3n) is 3.11. The molecule has 1 aromatic heterocycles. The van der Waals surface area contributed by atoms with Crippen molar-refractivity contribution in [2.45, 2.75) is 39.7 Å². The Kier molecular flexibility index (Phi) is 6.51. The summed E-state index contributed by atoms with van der Waals surface area (Å²) in [5.41, 5.74) is -0.0839. The van der Waals surface area contributed by atoms with Crippen LogP contribution in [-0.2, 0) is 11.3 Å².